The van der Waals surface area contributed by atoms with Gasteiger partial charge in [0.2, 0.25) is 0 Å². The number of carbonyl (C=O) groups is 1. The second-order valence-corrected chi connectivity index (χ2v) is 3.41. The summed E-state index contributed by atoms with van der Waals surface area (Å²) in [4.78, 5) is 10.4. The fourth-order valence-electron chi connectivity index (χ4n) is 0.758. The Morgan fingerprint density at radius 1 is 1.27 bits per heavy atom. The lowest BCUT2D eigenvalue weighted by atomic mass is 10.2. The normalized spacial score (nSPS) is 10.4. The van der Waals surface area contributed by atoms with Crippen LogP contribution in [0.25, 0.3) is 0 Å². The average molecular weight is 277 g/mol. The number of hydrogen-bond acceptors (Lipinski definition) is 1. The van der Waals surface area contributed by atoms with Crippen LogP contribution in [0.4, 0.5) is 13.2 Å². The first-order valence-corrected chi connectivity index (χ1v) is 4.58. The zero-order chi connectivity index (χ0) is 11.5. The highest BCUT2D eigenvalue weighted by Crippen LogP contribution is 2.16. The maximum atomic E-state index is 11.8. The first kappa shape index (κ1) is 11.8. The van der Waals surface area contributed by atoms with Crippen molar-refractivity contribution >= 4 is 21.7 Å². The highest BCUT2D eigenvalue weighted by atomic mass is 79.9. The summed E-state index contributed by atoms with van der Waals surface area (Å²) >= 11 is 3.10. The van der Waals surface area contributed by atoms with E-state index in [0.29, 0.717) is 10.0 Å². The van der Waals surface area contributed by atoms with Gasteiger partial charge in [-0.3, -0.25) is 4.79 Å². The van der Waals surface area contributed by atoms with Crippen LogP contribution in [0.2, 0.25) is 0 Å². The molecular weight excluding hydrogens is 273 g/mol. The monoisotopic (exact) mass is 276 g/mol. The van der Waals surface area contributed by atoms with Gasteiger partial charge < -0.3 is 0 Å². The van der Waals surface area contributed by atoms with Crippen molar-refractivity contribution in [2.45, 2.75) is 6.18 Å². The van der Waals surface area contributed by atoms with Gasteiger partial charge in [0, 0.05) is 10.0 Å². The number of carbonyl (C=O) groups excluding carboxylic acids is 1. The molecule has 0 spiro atoms. The van der Waals surface area contributed by atoms with E-state index in [2.05, 4.69) is 21.9 Å². The van der Waals surface area contributed by atoms with E-state index in [4.69, 9.17) is 0 Å². The summed E-state index contributed by atoms with van der Waals surface area (Å²) in [5, 5.41) is 0. The van der Waals surface area contributed by atoms with Gasteiger partial charge in [0.1, 0.15) is 0 Å². The van der Waals surface area contributed by atoms with Gasteiger partial charge in [-0.05, 0) is 34.0 Å². The number of alkyl halides is 3. The molecule has 0 bridgehead atoms. The molecule has 0 radical (unpaired) electrons. The van der Waals surface area contributed by atoms with E-state index in [0.717, 1.165) is 0 Å². The molecule has 0 saturated carbocycles. The summed E-state index contributed by atoms with van der Waals surface area (Å²) < 4.78 is 35.9. The van der Waals surface area contributed by atoms with Gasteiger partial charge in [0.25, 0.3) is 0 Å². The minimum Gasteiger partial charge on any atom is -0.275 e. The smallest absolute Gasteiger partial charge is 0.275 e. The van der Waals surface area contributed by atoms with Crippen molar-refractivity contribution in [3.63, 3.8) is 0 Å². The van der Waals surface area contributed by atoms with Crippen LogP contribution in [0.3, 0.4) is 0 Å². The predicted molar refractivity (Wildman–Crippen MR) is 52.1 cm³/mol. The van der Waals surface area contributed by atoms with E-state index in [1.807, 2.05) is 0 Å². The molecular formula is C10H4BrF3O. The molecule has 0 saturated heterocycles. The predicted octanol–water partition coefficient (Wildman–Crippen LogP) is 2.93. The van der Waals surface area contributed by atoms with Crippen LogP contribution in [0.5, 0.6) is 0 Å². The highest BCUT2D eigenvalue weighted by molar-refractivity contribution is 9.10. The van der Waals surface area contributed by atoms with Gasteiger partial charge in [0.15, 0.2) is 0 Å². The van der Waals surface area contributed by atoms with Crippen LogP contribution in [-0.4, -0.2) is 12.0 Å². The van der Waals surface area contributed by atoms with E-state index >= 15 is 0 Å². The summed E-state index contributed by atoms with van der Waals surface area (Å²) in [5.74, 6) is 1.65. The lowest BCUT2D eigenvalue weighted by Crippen LogP contribution is -2.20. The third kappa shape index (κ3) is 3.40. The van der Waals surface area contributed by atoms with Crippen molar-refractivity contribution in [2.75, 3.05) is 0 Å². The fourth-order valence-corrected chi connectivity index (χ4v) is 1.14. The van der Waals surface area contributed by atoms with Gasteiger partial charge in [0.05, 0.1) is 0 Å². The number of ketones is 1. The molecule has 1 nitrogen and oxygen atoms in total. The van der Waals surface area contributed by atoms with E-state index in [-0.39, 0.29) is 0 Å². The average Bonchev–Trinajstić information content (AvgIpc) is 2.14. The molecule has 1 rings (SSSR count). The molecule has 0 atom stereocenters. The summed E-state index contributed by atoms with van der Waals surface area (Å²) in [6.45, 7) is 0. The molecule has 0 aliphatic heterocycles. The Morgan fingerprint density at radius 2 is 1.87 bits per heavy atom. The number of hydrogen-bond donors (Lipinski definition) is 0. The van der Waals surface area contributed by atoms with Crippen LogP contribution >= 0.6 is 15.9 Å². The Labute approximate surface area is 92.4 Å². The van der Waals surface area contributed by atoms with Crippen LogP contribution < -0.4 is 0 Å². The Balaban J connectivity index is 2.93. The molecule has 0 heterocycles. The topological polar surface area (TPSA) is 17.1 Å². The second-order valence-electron chi connectivity index (χ2n) is 2.56. The first-order chi connectivity index (χ1) is 6.91. The molecule has 0 aliphatic carbocycles. The van der Waals surface area contributed by atoms with Gasteiger partial charge >= 0.3 is 12.0 Å². The molecule has 0 unspecified atom stereocenters. The van der Waals surface area contributed by atoms with Crippen molar-refractivity contribution in [3.05, 3.63) is 34.3 Å². The van der Waals surface area contributed by atoms with Crippen molar-refractivity contribution in [2.24, 2.45) is 0 Å². The molecule has 15 heavy (non-hydrogen) atoms. The maximum absolute atomic E-state index is 11.8. The molecule has 0 aromatic heterocycles. The maximum Gasteiger partial charge on any atom is 0.462 e. The Bertz CT molecular complexity index is 440. The molecule has 5 heteroatoms. The third-order valence-electron chi connectivity index (χ3n) is 1.44. The molecule has 1 aromatic carbocycles. The van der Waals surface area contributed by atoms with Crippen molar-refractivity contribution in [1.82, 2.24) is 0 Å². The van der Waals surface area contributed by atoms with Gasteiger partial charge in [-0.2, -0.15) is 13.2 Å². The molecule has 0 fully saturated rings. The summed E-state index contributed by atoms with van der Waals surface area (Å²) in [7, 11) is 0. The Hall–Kier alpha value is -1.28. The van der Waals surface area contributed by atoms with Crippen LogP contribution in [-0.2, 0) is 4.79 Å². The quantitative estimate of drug-likeness (QED) is 0.666. The van der Waals surface area contributed by atoms with Gasteiger partial charge in [-0.15, -0.1) is 0 Å². The third-order valence-corrected chi connectivity index (χ3v) is 2.13. The number of Topliss-reactive ketones (excluding diaryl/α,β-unsaturated/α-hetero) is 1. The SMILES string of the molecule is O=C(C#Cc1ccccc1Br)C(F)(F)F. The Kier molecular flexibility index (Phi) is 3.53. The molecule has 0 amide bonds. The van der Waals surface area contributed by atoms with Gasteiger partial charge in [-0.1, -0.05) is 18.1 Å². The van der Waals surface area contributed by atoms with E-state index in [1.54, 1.807) is 18.2 Å². The zero-order valence-electron chi connectivity index (χ0n) is 7.23. The highest BCUT2D eigenvalue weighted by Gasteiger charge is 2.37. The summed E-state index contributed by atoms with van der Waals surface area (Å²) in [5.41, 5.74) is 0.343. The molecule has 1 aromatic rings. The fraction of sp³-hybridized carbons (Fsp3) is 0.100. The van der Waals surface area contributed by atoms with Crippen molar-refractivity contribution in [1.29, 1.82) is 0 Å². The lowest BCUT2D eigenvalue weighted by Gasteiger charge is -1.97. The second kappa shape index (κ2) is 4.49. The minimum absolute atomic E-state index is 0.343. The Morgan fingerprint density at radius 3 is 2.40 bits per heavy atom. The van der Waals surface area contributed by atoms with E-state index < -0.39 is 12.0 Å². The summed E-state index contributed by atoms with van der Waals surface area (Å²) in [6, 6.07) is 6.45. The molecule has 0 N–H and O–H groups in total. The largest absolute Gasteiger partial charge is 0.462 e. The zero-order valence-corrected chi connectivity index (χ0v) is 8.82. The standard InChI is InChI=1S/C10H4BrF3O/c11-8-4-2-1-3-7(8)5-6-9(15)10(12,13)14/h1-4H. The van der Waals surface area contributed by atoms with Crippen LogP contribution in [0.15, 0.2) is 28.7 Å². The molecule has 0 aliphatic rings. The first-order valence-electron chi connectivity index (χ1n) is 3.79. The lowest BCUT2D eigenvalue weighted by molar-refractivity contribution is -0.164. The van der Waals surface area contributed by atoms with Crippen molar-refractivity contribution < 1.29 is 18.0 Å². The van der Waals surface area contributed by atoms with Crippen molar-refractivity contribution in [3.8, 4) is 11.8 Å². The van der Waals surface area contributed by atoms with E-state index in [9.17, 15) is 18.0 Å². The van der Waals surface area contributed by atoms with Crippen LogP contribution in [0, 0.1) is 11.8 Å². The summed E-state index contributed by atoms with van der Waals surface area (Å²) in [6.07, 6.45) is -4.89. The van der Waals surface area contributed by atoms with Crippen LogP contribution in [0.1, 0.15) is 5.56 Å². The van der Waals surface area contributed by atoms with E-state index in [1.165, 1.54) is 12.0 Å². The molecule has 78 valence electrons. The number of halogens is 4. The number of benzene rings is 1. The minimum atomic E-state index is -4.89. The van der Waals surface area contributed by atoms with Gasteiger partial charge in [-0.25, -0.2) is 0 Å². The number of rotatable bonds is 0.